The van der Waals surface area contributed by atoms with E-state index >= 15 is 0 Å². The second-order valence-electron chi connectivity index (χ2n) is 5.46. The average Bonchev–Trinajstić information content (AvgIpc) is 2.98. The minimum atomic E-state index is 1.24. The SMILES string of the molecule is Cc1ccc2c3cncc4c5ccccc5n(c2c1)c43. The van der Waals surface area contributed by atoms with Crippen molar-refractivity contribution in [1.82, 2.24) is 9.38 Å². The number of aromatic nitrogens is 2. The molecule has 0 fully saturated rings. The van der Waals surface area contributed by atoms with Crippen LogP contribution in [0.1, 0.15) is 5.56 Å². The molecular weight excluding hydrogens is 244 g/mol. The van der Waals surface area contributed by atoms with E-state index in [0.29, 0.717) is 0 Å². The van der Waals surface area contributed by atoms with Gasteiger partial charge < -0.3 is 4.40 Å². The first-order chi connectivity index (χ1) is 9.84. The number of pyridine rings is 1. The van der Waals surface area contributed by atoms with Gasteiger partial charge in [0, 0.05) is 33.9 Å². The minimum absolute atomic E-state index is 1.24. The lowest BCUT2D eigenvalue weighted by Gasteiger charge is -1.98. The Morgan fingerprint density at radius 2 is 1.55 bits per heavy atom. The van der Waals surface area contributed by atoms with Gasteiger partial charge in [0.05, 0.1) is 16.6 Å². The number of para-hydroxylation sites is 1. The summed E-state index contributed by atoms with van der Waals surface area (Å²) in [5, 5.41) is 5.05. The fourth-order valence-electron chi connectivity index (χ4n) is 3.41. The summed E-state index contributed by atoms with van der Waals surface area (Å²) in [6, 6.07) is 15.2. The Morgan fingerprint density at radius 1 is 0.800 bits per heavy atom. The van der Waals surface area contributed by atoms with Crippen molar-refractivity contribution in [2.24, 2.45) is 0 Å². The fraction of sp³-hybridized carbons (Fsp3) is 0.0556. The number of rotatable bonds is 0. The first-order valence-corrected chi connectivity index (χ1v) is 6.83. The Labute approximate surface area is 115 Å². The van der Waals surface area contributed by atoms with Crippen LogP contribution < -0.4 is 0 Å². The van der Waals surface area contributed by atoms with E-state index in [2.05, 4.69) is 58.8 Å². The van der Waals surface area contributed by atoms with Gasteiger partial charge in [0.15, 0.2) is 0 Å². The third-order valence-corrected chi connectivity index (χ3v) is 4.26. The first kappa shape index (κ1) is 10.2. The van der Waals surface area contributed by atoms with Crippen LogP contribution in [0.3, 0.4) is 0 Å². The molecule has 0 saturated heterocycles. The van der Waals surface area contributed by atoms with Crippen molar-refractivity contribution in [3.63, 3.8) is 0 Å². The molecule has 2 nitrogen and oxygen atoms in total. The standard InChI is InChI=1S/C18H12N2/c1-11-6-7-13-15-10-19-9-14-12-4-2-3-5-16(12)20(18(14)15)17(13)8-11/h2-10H,1H3. The molecule has 2 aromatic carbocycles. The molecule has 0 aliphatic heterocycles. The molecule has 0 bridgehead atoms. The van der Waals surface area contributed by atoms with Crippen LogP contribution in [0, 0.1) is 6.92 Å². The molecule has 0 radical (unpaired) electrons. The van der Waals surface area contributed by atoms with Crippen molar-refractivity contribution >= 4 is 38.1 Å². The molecule has 94 valence electrons. The summed E-state index contributed by atoms with van der Waals surface area (Å²) in [6.07, 6.45) is 3.97. The predicted octanol–water partition coefficient (Wildman–Crippen LogP) is 4.54. The van der Waals surface area contributed by atoms with Crippen molar-refractivity contribution < 1.29 is 0 Å². The number of hydrogen-bond donors (Lipinski definition) is 0. The normalized spacial score (nSPS) is 12.2. The zero-order chi connectivity index (χ0) is 13.3. The summed E-state index contributed by atoms with van der Waals surface area (Å²) in [7, 11) is 0. The van der Waals surface area contributed by atoms with Crippen LogP contribution in [-0.4, -0.2) is 9.38 Å². The molecule has 0 N–H and O–H groups in total. The molecule has 3 heterocycles. The van der Waals surface area contributed by atoms with Gasteiger partial charge in [-0.05, 0) is 24.6 Å². The third-order valence-electron chi connectivity index (χ3n) is 4.26. The van der Waals surface area contributed by atoms with E-state index in [4.69, 9.17) is 0 Å². The Hall–Kier alpha value is -2.61. The molecule has 0 unspecified atom stereocenters. The summed E-state index contributed by atoms with van der Waals surface area (Å²) in [6.45, 7) is 2.14. The van der Waals surface area contributed by atoms with Crippen LogP contribution in [0.25, 0.3) is 38.1 Å². The van der Waals surface area contributed by atoms with E-state index in [1.807, 2.05) is 12.4 Å². The monoisotopic (exact) mass is 256 g/mol. The lowest BCUT2D eigenvalue weighted by atomic mass is 10.1. The van der Waals surface area contributed by atoms with Crippen LogP contribution in [-0.2, 0) is 0 Å². The molecule has 0 aliphatic rings. The Morgan fingerprint density at radius 3 is 2.40 bits per heavy atom. The lowest BCUT2D eigenvalue weighted by Crippen LogP contribution is -1.80. The van der Waals surface area contributed by atoms with Crippen LogP contribution in [0.4, 0.5) is 0 Å². The summed E-state index contributed by atoms with van der Waals surface area (Å²) in [5.74, 6) is 0. The maximum absolute atomic E-state index is 4.45. The van der Waals surface area contributed by atoms with Crippen LogP contribution >= 0.6 is 0 Å². The smallest absolute Gasteiger partial charge is 0.0651 e. The number of nitrogens with zero attached hydrogens (tertiary/aromatic N) is 2. The number of fused-ring (bicyclic) bond motifs is 6. The van der Waals surface area contributed by atoms with Crippen LogP contribution in [0.5, 0.6) is 0 Å². The highest BCUT2D eigenvalue weighted by Gasteiger charge is 2.16. The molecular formula is C18H12N2. The highest BCUT2D eigenvalue weighted by Crippen LogP contribution is 2.38. The van der Waals surface area contributed by atoms with Gasteiger partial charge in [-0.15, -0.1) is 0 Å². The van der Waals surface area contributed by atoms with E-state index < -0.39 is 0 Å². The van der Waals surface area contributed by atoms with Crippen molar-refractivity contribution in [2.45, 2.75) is 6.92 Å². The molecule has 0 atom stereocenters. The van der Waals surface area contributed by atoms with Gasteiger partial charge in [-0.3, -0.25) is 4.98 Å². The van der Waals surface area contributed by atoms with Gasteiger partial charge in [-0.1, -0.05) is 30.3 Å². The van der Waals surface area contributed by atoms with E-state index in [1.165, 1.54) is 43.7 Å². The molecule has 0 saturated carbocycles. The fourth-order valence-corrected chi connectivity index (χ4v) is 3.41. The molecule has 5 rings (SSSR count). The summed E-state index contributed by atoms with van der Waals surface area (Å²) in [5.41, 5.74) is 5.12. The highest BCUT2D eigenvalue weighted by molar-refractivity contribution is 6.22. The van der Waals surface area contributed by atoms with Gasteiger partial charge in [0.2, 0.25) is 0 Å². The number of aryl methyl sites for hydroxylation is 1. The van der Waals surface area contributed by atoms with Gasteiger partial charge in [0.1, 0.15) is 0 Å². The largest absolute Gasteiger partial charge is 0.308 e. The van der Waals surface area contributed by atoms with E-state index in [0.717, 1.165) is 0 Å². The Kier molecular flexibility index (Phi) is 1.68. The second kappa shape index (κ2) is 3.28. The average molecular weight is 256 g/mol. The second-order valence-corrected chi connectivity index (χ2v) is 5.46. The first-order valence-electron chi connectivity index (χ1n) is 6.83. The predicted molar refractivity (Wildman–Crippen MR) is 83.6 cm³/mol. The van der Waals surface area contributed by atoms with Crippen molar-refractivity contribution in [3.05, 3.63) is 60.4 Å². The highest BCUT2D eigenvalue weighted by atomic mass is 14.9. The zero-order valence-corrected chi connectivity index (χ0v) is 11.1. The van der Waals surface area contributed by atoms with Gasteiger partial charge in [0.25, 0.3) is 0 Å². The summed E-state index contributed by atoms with van der Waals surface area (Å²) < 4.78 is 2.38. The minimum Gasteiger partial charge on any atom is -0.308 e. The maximum atomic E-state index is 4.45. The zero-order valence-electron chi connectivity index (χ0n) is 11.1. The molecule has 0 spiro atoms. The van der Waals surface area contributed by atoms with E-state index in [-0.39, 0.29) is 0 Å². The molecule has 2 heteroatoms. The summed E-state index contributed by atoms with van der Waals surface area (Å²) in [4.78, 5) is 4.45. The van der Waals surface area contributed by atoms with E-state index in [1.54, 1.807) is 0 Å². The molecule has 0 amide bonds. The van der Waals surface area contributed by atoms with Gasteiger partial charge >= 0.3 is 0 Å². The van der Waals surface area contributed by atoms with Crippen molar-refractivity contribution in [1.29, 1.82) is 0 Å². The number of benzene rings is 2. The van der Waals surface area contributed by atoms with Crippen molar-refractivity contribution in [3.8, 4) is 0 Å². The van der Waals surface area contributed by atoms with Gasteiger partial charge in [-0.25, -0.2) is 0 Å². The molecule has 20 heavy (non-hydrogen) atoms. The Balaban J connectivity index is 2.28. The van der Waals surface area contributed by atoms with Crippen LogP contribution in [0.2, 0.25) is 0 Å². The quantitative estimate of drug-likeness (QED) is 0.397. The van der Waals surface area contributed by atoms with Crippen molar-refractivity contribution in [2.75, 3.05) is 0 Å². The Bertz CT molecular complexity index is 1100. The summed E-state index contributed by atoms with van der Waals surface area (Å²) >= 11 is 0. The lowest BCUT2D eigenvalue weighted by molar-refractivity contribution is 1.34. The molecule has 3 aromatic heterocycles. The van der Waals surface area contributed by atoms with Gasteiger partial charge in [-0.2, -0.15) is 0 Å². The molecule has 0 aliphatic carbocycles. The number of hydrogen-bond acceptors (Lipinski definition) is 1. The maximum Gasteiger partial charge on any atom is 0.0651 e. The molecule has 5 aromatic rings. The third kappa shape index (κ3) is 1.04. The topological polar surface area (TPSA) is 17.3 Å². The van der Waals surface area contributed by atoms with E-state index in [9.17, 15) is 0 Å². The van der Waals surface area contributed by atoms with Crippen LogP contribution in [0.15, 0.2) is 54.9 Å².